The Hall–Kier alpha value is -5.16. The third-order valence-electron chi connectivity index (χ3n) is 13.5. The molecule has 292 valence electrons. The van der Waals surface area contributed by atoms with Gasteiger partial charge in [0.05, 0.1) is 17.7 Å². The zero-order valence-electron chi connectivity index (χ0n) is 32.2. The Balaban J connectivity index is 0.734. The number of anilines is 2. The van der Waals surface area contributed by atoms with Gasteiger partial charge in [-0.2, -0.15) is 0 Å². The molecule has 6 aliphatic rings. The van der Waals surface area contributed by atoms with Crippen LogP contribution in [0, 0.1) is 35.7 Å². The molecule has 3 aromatic carbocycles. The lowest BCUT2D eigenvalue weighted by molar-refractivity contribution is -0.136. The second-order valence-corrected chi connectivity index (χ2v) is 17.4. The van der Waals surface area contributed by atoms with Crippen LogP contribution in [0.25, 0.3) is 4.85 Å². The molecule has 0 aromatic heterocycles. The van der Waals surface area contributed by atoms with Gasteiger partial charge in [-0.15, -0.1) is 0 Å². The lowest BCUT2D eigenvalue weighted by Crippen LogP contribution is -2.54. The van der Waals surface area contributed by atoms with Crippen LogP contribution in [0.2, 0.25) is 5.02 Å². The fourth-order valence-electron chi connectivity index (χ4n) is 10.1. The molecule has 1 saturated carbocycles. The van der Waals surface area contributed by atoms with Gasteiger partial charge in [0.25, 0.3) is 11.8 Å². The molecule has 1 spiro atoms. The lowest BCUT2D eigenvalue weighted by atomic mass is 9.77. The number of rotatable bonds is 5. The average Bonchev–Trinajstić information content (AvgIpc) is 3.74. The van der Waals surface area contributed by atoms with E-state index in [2.05, 4.69) is 61.0 Å². The highest BCUT2D eigenvalue weighted by molar-refractivity contribution is 6.33. The van der Waals surface area contributed by atoms with Gasteiger partial charge in [-0.25, -0.2) is 4.85 Å². The summed E-state index contributed by atoms with van der Waals surface area (Å²) in [6.45, 7) is 14.1. The predicted octanol–water partition coefficient (Wildman–Crippen LogP) is 7.01. The van der Waals surface area contributed by atoms with E-state index < -0.39 is 23.8 Å². The van der Waals surface area contributed by atoms with E-state index in [0.717, 1.165) is 105 Å². The van der Waals surface area contributed by atoms with Gasteiger partial charge in [-0.05, 0) is 129 Å². The van der Waals surface area contributed by atoms with Gasteiger partial charge in [0.2, 0.25) is 17.5 Å². The quantitative estimate of drug-likeness (QED) is 0.169. The summed E-state index contributed by atoms with van der Waals surface area (Å²) in [7, 11) is 0. The molecule has 0 radical (unpaired) electrons. The minimum atomic E-state index is -0.946. The largest absolute Gasteiger partial charge is 0.371 e. The summed E-state index contributed by atoms with van der Waals surface area (Å²) in [4.78, 5) is 62.8. The first-order chi connectivity index (χ1) is 27.6. The molecule has 4 amide bonds. The first-order valence-electron chi connectivity index (χ1n) is 20.5. The number of carbonyl (C=O) groups excluding carboxylic acids is 4. The molecule has 10 nitrogen and oxygen atoms in total. The van der Waals surface area contributed by atoms with Gasteiger partial charge in [0.1, 0.15) is 6.04 Å². The highest BCUT2D eigenvalue weighted by Gasteiger charge is 2.45. The van der Waals surface area contributed by atoms with Crippen LogP contribution < -0.4 is 15.1 Å². The zero-order valence-corrected chi connectivity index (χ0v) is 33.0. The van der Waals surface area contributed by atoms with Crippen LogP contribution in [0.3, 0.4) is 0 Å². The molecule has 0 bridgehead atoms. The molecule has 5 aliphatic heterocycles. The normalized spacial score (nSPS) is 24.5. The summed E-state index contributed by atoms with van der Waals surface area (Å²) in [6.07, 6.45) is 9.13. The summed E-state index contributed by atoms with van der Waals surface area (Å²) < 4.78 is 0. The topological polar surface area (TPSA) is 97.6 Å². The summed E-state index contributed by atoms with van der Waals surface area (Å²) >= 11 is 6.35. The van der Waals surface area contributed by atoms with Gasteiger partial charge in [-0.3, -0.25) is 34.3 Å². The molecule has 11 heteroatoms. The summed E-state index contributed by atoms with van der Waals surface area (Å²) in [5, 5.41) is 2.80. The van der Waals surface area contributed by atoms with Crippen LogP contribution >= 0.6 is 11.6 Å². The maximum absolute atomic E-state index is 13.4. The van der Waals surface area contributed by atoms with Gasteiger partial charge in [0.15, 0.2) is 0 Å². The van der Waals surface area contributed by atoms with Crippen molar-refractivity contribution in [2.24, 2.45) is 17.3 Å². The molecule has 9 rings (SSSR count). The number of fused-ring (bicyclic) bond motifs is 2. The maximum Gasteiger partial charge on any atom is 0.262 e. The van der Waals surface area contributed by atoms with Crippen molar-refractivity contribution in [2.45, 2.75) is 76.8 Å². The molecular formula is C46H47ClN6O4. The van der Waals surface area contributed by atoms with Crippen LogP contribution in [0.1, 0.15) is 95.2 Å². The number of imide groups is 2. The zero-order chi connectivity index (χ0) is 39.3. The van der Waals surface area contributed by atoms with Crippen LogP contribution in [-0.2, 0) is 22.6 Å². The summed E-state index contributed by atoms with van der Waals surface area (Å²) in [6, 6.07) is 17.4. The van der Waals surface area contributed by atoms with Crippen molar-refractivity contribution < 1.29 is 19.2 Å². The fraction of sp³-hybridized carbons (Fsp3) is 0.457. The van der Waals surface area contributed by atoms with Crippen LogP contribution in [-0.4, -0.2) is 78.7 Å². The Kier molecular flexibility index (Phi) is 10.0. The number of benzene rings is 3. The van der Waals surface area contributed by atoms with Gasteiger partial charge >= 0.3 is 0 Å². The van der Waals surface area contributed by atoms with E-state index in [0.29, 0.717) is 39.1 Å². The maximum atomic E-state index is 13.4. The van der Waals surface area contributed by atoms with Crippen molar-refractivity contribution in [2.75, 3.05) is 49.1 Å². The number of amides is 4. The number of carbonyl (C=O) groups is 4. The number of piperidine rings is 2. The second kappa shape index (κ2) is 15.3. The number of nitrogens with zero attached hydrogens (tertiary/aromatic N) is 5. The standard InChI is InChI=1S/C46H47ClN6O4/c1-48-40-13-12-36(26-39(40)47)52-23-19-46(29-52)17-21-51(22-18-46)35-10-8-31(9-11-35)3-2-30-4-6-32(7-5-30)27-50-20-16-33-24-37-38(25-34(33)28-50)45(57)53(44(37)56)41-14-15-42(54)49-43(41)55/h8-13,24-26,30,32,41H,4-7,14-23,27-29H2,(H,49,54,55). The third kappa shape index (κ3) is 7.42. The van der Waals surface area contributed by atoms with E-state index >= 15 is 0 Å². The number of hydrogen-bond acceptors (Lipinski definition) is 7. The molecule has 5 heterocycles. The van der Waals surface area contributed by atoms with E-state index in [1.54, 1.807) is 0 Å². The molecule has 3 saturated heterocycles. The van der Waals surface area contributed by atoms with E-state index in [-0.39, 0.29) is 18.7 Å². The molecular weight excluding hydrogens is 736 g/mol. The second-order valence-electron chi connectivity index (χ2n) is 17.0. The number of halogens is 1. The van der Waals surface area contributed by atoms with Crippen molar-refractivity contribution in [1.82, 2.24) is 15.1 Å². The average molecular weight is 783 g/mol. The van der Waals surface area contributed by atoms with Gasteiger partial charge in [0, 0.05) is 80.1 Å². The molecule has 1 atom stereocenters. The molecule has 57 heavy (non-hydrogen) atoms. The van der Waals surface area contributed by atoms with Crippen molar-refractivity contribution in [3.63, 3.8) is 0 Å². The monoisotopic (exact) mass is 782 g/mol. The number of hydrogen-bond donors (Lipinski definition) is 1. The Labute approximate surface area is 339 Å². The first-order valence-corrected chi connectivity index (χ1v) is 20.9. The summed E-state index contributed by atoms with van der Waals surface area (Å²) in [5.74, 6) is 6.24. The van der Waals surface area contributed by atoms with E-state index in [4.69, 9.17) is 18.2 Å². The minimum Gasteiger partial charge on any atom is -0.371 e. The smallest absolute Gasteiger partial charge is 0.262 e. The van der Waals surface area contributed by atoms with Crippen molar-refractivity contribution >= 4 is 52.3 Å². The van der Waals surface area contributed by atoms with Crippen LogP contribution in [0.4, 0.5) is 17.1 Å². The highest BCUT2D eigenvalue weighted by atomic mass is 35.5. The lowest BCUT2D eigenvalue weighted by Gasteiger charge is -2.40. The molecule has 1 aliphatic carbocycles. The summed E-state index contributed by atoms with van der Waals surface area (Å²) in [5.41, 5.74) is 7.21. The minimum absolute atomic E-state index is 0.112. The van der Waals surface area contributed by atoms with Crippen molar-refractivity contribution in [3.8, 4) is 11.8 Å². The molecule has 3 aromatic rings. The van der Waals surface area contributed by atoms with Crippen LogP contribution in [0.5, 0.6) is 0 Å². The predicted molar refractivity (Wildman–Crippen MR) is 219 cm³/mol. The Morgan fingerprint density at radius 3 is 2.16 bits per heavy atom. The molecule has 1 N–H and O–H groups in total. The van der Waals surface area contributed by atoms with Gasteiger partial charge < -0.3 is 9.80 Å². The first kappa shape index (κ1) is 37.4. The van der Waals surface area contributed by atoms with Gasteiger partial charge in [-0.1, -0.05) is 29.5 Å². The highest BCUT2D eigenvalue weighted by Crippen LogP contribution is 2.44. The van der Waals surface area contributed by atoms with Crippen LogP contribution in [0.15, 0.2) is 54.6 Å². The Morgan fingerprint density at radius 2 is 1.47 bits per heavy atom. The third-order valence-corrected chi connectivity index (χ3v) is 13.8. The fourth-order valence-corrected chi connectivity index (χ4v) is 10.3. The van der Waals surface area contributed by atoms with E-state index in [1.807, 2.05) is 30.3 Å². The van der Waals surface area contributed by atoms with E-state index in [1.165, 1.54) is 24.9 Å². The van der Waals surface area contributed by atoms with Crippen molar-refractivity contribution in [1.29, 1.82) is 0 Å². The Bertz CT molecular complexity index is 2240. The molecule has 4 fully saturated rings. The van der Waals surface area contributed by atoms with E-state index in [9.17, 15) is 19.2 Å². The molecule has 1 unspecified atom stereocenters. The SMILES string of the molecule is [C-]#[N+]c1ccc(N2CCC3(CCN(c4ccc(C#CC5CCC(CN6CCc7cc8c(cc7C6)C(=O)N(C6CCC(=O)NC6=O)C8=O)CC5)cc4)CC3)C2)cc1Cl. The van der Waals surface area contributed by atoms with Crippen molar-refractivity contribution in [3.05, 3.63) is 98.9 Å². The number of nitrogens with one attached hydrogen (secondary N) is 1. The Morgan fingerprint density at radius 1 is 0.789 bits per heavy atom.